The molecule has 112 valence electrons. The first-order chi connectivity index (χ1) is 8.32. The lowest BCUT2D eigenvalue weighted by molar-refractivity contribution is -0.163. The van der Waals surface area contributed by atoms with Crippen LogP contribution in [0, 0.1) is 0 Å². The monoisotopic (exact) mass is 290 g/mol. The van der Waals surface area contributed by atoms with Crippen LogP contribution >= 0.6 is 12.4 Å². The Hall–Kier alpha value is -0.320. The number of carbonyl (C=O) groups excluding carboxylic acids is 1. The first-order valence-corrected chi connectivity index (χ1v) is 7.08. The zero-order chi connectivity index (χ0) is 13.4. The van der Waals surface area contributed by atoms with E-state index in [1.807, 2.05) is 25.7 Å². The number of halogens is 1. The maximum atomic E-state index is 12.7. The zero-order valence-electron chi connectivity index (χ0n) is 12.3. The highest BCUT2D eigenvalue weighted by molar-refractivity contribution is 5.86. The average molecular weight is 291 g/mol. The van der Waals surface area contributed by atoms with Crippen molar-refractivity contribution in [1.82, 2.24) is 4.90 Å². The molecule has 19 heavy (non-hydrogen) atoms. The molecule has 1 unspecified atom stereocenters. The lowest BCUT2D eigenvalue weighted by Gasteiger charge is -2.45. The van der Waals surface area contributed by atoms with E-state index in [0.717, 1.165) is 25.7 Å². The van der Waals surface area contributed by atoms with Gasteiger partial charge in [0.05, 0.1) is 17.2 Å². The molecule has 2 N–H and O–H groups in total. The van der Waals surface area contributed by atoms with Crippen LogP contribution in [0.25, 0.3) is 0 Å². The first-order valence-electron chi connectivity index (χ1n) is 7.08. The van der Waals surface area contributed by atoms with E-state index in [-0.39, 0.29) is 30.0 Å². The van der Waals surface area contributed by atoms with Crippen LogP contribution in [0.3, 0.4) is 0 Å². The van der Waals surface area contributed by atoms with Crippen molar-refractivity contribution in [3.8, 4) is 0 Å². The van der Waals surface area contributed by atoms with Gasteiger partial charge in [-0.05, 0) is 33.6 Å². The summed E-state index contributed by atoms with van der Waals surface area (Å²) in [6, 6.07) is 0. The van der Waals surface area contributed by atoms with Crippen molar-refractivity contribution in [1.29, 1.82) is 0 Å². The molecule has 2 fully saturated rings. The molecule has 1 aliphatic heterocycles. The standard InChI is InChI=1S/C14H26N2O2.ClH/c1-11-9-16(10-13(2,3)18-11)12(17)14(15)7-5-4-6-8-14;/h11H,4-10,15H2,1-3H3;1H. The molecule has 0 radical (unpaired) electrons. The van der Waals surface area contributed by atoms with Gasteiger partial charge < -0.3 is 15.4 Å². The molecular formula is C14H27ClN2O2. The van der Waals surface area contributed by atoms with E-state index in [1.165, 1.54) is 6.42 Å². The van der Waals surface area contributed by atoms with Gasteiger partial charge in [0.15, 0.2) is 0 Å². The predicted molar refractivity (Wildman–Crippen MR) is 78.5 cm³/mol. The molecule has 4 nitrogen and oxygen atoms in total. The van der Waals surface area contributed by atoms with E-state index in [2.05, 4.69) is 0 Å². The lowest BCUT2D eigenvalue weighted by atomic mass is 9.81. The molecule has 0 aromatic heterocycles. The minimum absolute atomic E-state index is 0. The van der Waals surface area contributed by atoms with Crippen molar-refractivity contribution in [3.05, 3.63) is 0 Å². The molecule has 5 heteroatoms. The van der Waals surface area contributed by atoms with Gasteiger partial charge in [-0.2, -0.15) is 0 Å². The summed E-state index contributed by atoms with van der Waals surface area (Å²) in [4.78, 5) is 14.6. The average Bonchev–Trinajstić information content (AvgIpc) is 2.26. The summed E-state index contributed by atoms with van der Waals surface area (Å²) in [5.41, 5.74) is 5.45. The number of hydrogen-bond donors (Lipinski definition) is 1. The van der Waals surface area contributed by atoms with Crippen molar-refractivity contribution < 1.29 is 9.53 Å². The minimum atomic E-state index is -0.620. The van der Waals surface area contributed by atoms with E-state index in [1.54, 1.807) is 0 Å². The second kappa shape index (κ2) is 5.98. The Morgan fingerprint density at radius 3 is 2.37 bits per heavy atom. The highest BCUT2D eigenvalue weighted by Gasteiger charge is 2.42. The first kappa shape index (κ1) is 16.7. The molecule has 1 amide bonds. The van der Waals surface area contributed by atoms with E-state index in [4.69, 9.17) is 10.5 Å². The number of morpholine rings is 1. The molecule has 2 aliphatic rings. The van der Waals surface area contributed by atoms with Crippen molar-refractivity contribution in [2.45, 2.75) is 70.1 Å². The van der Waals surface area contributed by atoms with Gasteiger partial charge in [-0.3, -0.25) is 4.79 Å². The van der Waals surface area contributed by atoms with Gasteiger partial charge in [0.2, 0.25) is 5.91 Å². The molecule has 0 bridgehead atoms. The van der Waals surface area contributed by atoms with Gasteiger partial charge >= 0.3 is 0 Å². The molecule has 1 saturated heterocycles. The van der Waals surface area contributed by atoms with Crippen LogP contribution in [0.5, 0.6) is 0 Å². The second-order valence-electron chi connectivity index (χ2n) is 6.59. The van der Waals surface area contributed by atoms with Gasteiger partial charge in [-0.15, -0.1) is 12.4 Å². The number of hydrogen-bond acceptors (Lipinski definition) is 3. The zero-order valence-corrected chi connectivity index (χ0v) is 13.1. The summed E-state index contributed by atoms with van der Waals surface area (Å²) in [6.07, 6.45) is 5.11. The predicted octanol–water partition coefficient (Wildman–Crippen LogP) is 2.10. The van der Waals surface area contributed by atoms with Crippen molar-refractivity contribution in [2.24, 2.45) is 5.73 Å². The third-order valence-electron chi connectivity index (χ3n) is 4.03. The van der Waals surface area contributed by atoms with Crippen LogP contribution in [0.4, 0.5) is 0 Å². The van der Waals surface area contributed by atoms with Crippen LogP contribution in [0.1, 0.15) is 52.9 Å². The maximum absolute atomic E-state index is 12.7. The van der Waals surface area contributed by atoms with Gasteiger partial charge in [0.25, 0.3) is 0 Å². The van der Waals surface area contributed by atoms with E-state index in [0.29, 0.717) is 13.1 Å². The number of rotatable bonds is 1. The summed E-state index contributed by atoms with van der Waals surface area (Å²) in [5, 5.41) is 0. The van der Waals surface area contributed by atoms with E-state index < -0.39 is 5.54 Å². The molecule has 1 atom stereocenters. The number of amides is 1. The van der Waals surface area contributed by atoms with Crippen LogP contribution in [-0.2, 0) is 9.53 Å². The molecule has 0 aromatic rings. The van der Waals surface area contributed by atoms with Crippen molar-refractivity contribution in [3.63, 3.8) is 0 Å². The van der Waals surface area contributed by atoms with Crippen LogP contribution < -0.4 is 5.73 Å². The molecular weight excluding hydrogens is 264 g/mol. The highest BCUT2D eigenvalue weighted by Crippen LogP contribution is 2.30. The summed E-state index contributed by atoms with van der Waals surface area (Å²) in [7, 11) is 0. The number of nitrogens with two attached hydrogens (primary N) is 1. The van der Waals surface area contributed by atoms with Crippen LogP contribution in [-0.4, -0.2) is 41.1 Å². The Morgan fingerprint density at radius 2 is 1.84 bits per heavy atom. The van der Waals surface area contributed by atoms with Gasteiger partial charge in [-0.25, -0.2) is 0 Å². The third kappa shape index (κ3) is 3.83. The normalized spacial score (nSPS) is 29.5. The minimum Gasteiger partial charge on any atom is -0.369 e. The third-order valence-corrected chi connectivity index (χ3v) is 4.03. The lowest BCUT2D eigenvalue weighted by Crippen LogP contribution is -2.62. The van der Waals surface area contributed by atoms with Gasteiger partial charge in [-0.1, -0.05) is 19.3 Å². The summed E-state index contributed by atoms with van der Waals surface area (Å²) in [5.74, 6) is 0.130. The molecule has 1 aliphatic carbocycles. The summed E-state index contributed by atoms with van der Waals surface area (Å²) < 4.78 is 5.84. The highest BCUT2D eigenvalue weighted by atomic mass is 35.5. The molecule has 0 spiro atoms. The molecule has 1 heterocycles. The maximum Gasteiger partial charge on any atom is 0.242 e. The van der Waals surface area contributed by atoms with Crippen molar-refractivity contribution >= 4 is 18.3 Å². The Kier molecular flexibility index (Phi) is 5.27. The SMILES string of the molecule is CC1CN(C(=O)C2(N)CCCCC2)CC(C)(C)O1.Cl. The fourth-order valence-corrected chi connectivity index (χ4v) is 3.32. The largest absolute Gasteiger partial charge is 0.369 e. The Morgan fingerprint density at radius 1 is 1.26 bits per heavy atom. The molecule has 1 saturated carbocycles. The second-order valence-corrected chi connectivity index (χ2v) is 6.59. The van der Waals surface area contributed by atoms with Crippen LogP contribution in [0.15, 0.2) is 0 Å². The van der Waals surface area contributed by atoms with Crippen LogP contribution in [0.2, 0.25) is 0 Å². The van der Waals surface area contributed by atoms with Gasteiger partial charge in [0, 0.05) is 13.1 Å². The van der Waals surface area contributed by atoms with Crippen molar-refractivity contribution in [2.75, 3.05) is 13.1 Å². The fourth-order valence-electron chi connectivity index (χ4n) is 3.32. The molecule has 0 aromatic carbocycles. The van der Waals surface area contributed by atoms with E-state index >= 15 is 0 Å². The molecule has 2 rings (SSSR count). The summed E-state index contributed by atoms with van der Waals surface area (Å²) in [6.45, 7) is 7.40. The Bertz CT molecular complexity index is 327. The summed E-state index contributed by atoms with van der Waals surface area (Å²) >= 11 is 0. The fraction of sp³-hybridized carbons (Fsp3) is 0.929. The smallest absolute Gasteiger partial charge is 0.242 e. The Labute approximate surface area is 122 Å². The number of nitrogens with zero attached hydrogens (tertiary/aromatic N) is 1. The quantitative estimate of drug-likeness (QED) is 0.804. The topological polar surface area (TPSA) is 55.6 Å². The number of carbonyl (C=O) groups is 1. The van der Waals surface area contributed by atoms with Gasteiger partial charge in [0.1, 0.15) is 0 Å². The number of ether oxygens (including phenoxy) is 1. The Balaban J connectivity index is 0.00000180. The van der Waals surface area contributed by atoms with E-state index in [9.17, 15) is 4.79 Å².